The van der Waals surface area contributed by atoms with Crippen molar-refractivity contribution in [3.05, 3.63) is 28.2 Å². The smallest absolute Gasteiger partial charge is 0.127 e. The summed E-state index contributed by atoms with van der Waals surface area (Å²) < 4.78 is 0.630. The lowest BCUT2D eigenvalue weighted by molar-refractivity contribution is 0.473. The third-order valence-corrected chi connectivity index (χ3v) is 1.92. The Hall–Kier alpha value is -1.03. The molecule has 0 aliphatic heterocycles. The van der Waals surface area contributed by atoms with Crippen molar-refractivity contribution in [2.75, 3.05) is 0 Å². The first kappa shape index (κ1) is 8.07. The minimum Gasteiger partial charge on any atom is -0.507 e. The standard InChI is InChI=1S/C7H7BrN2O/c8-4-2-1-3-5(11)6(4)7(9)10/h1-3,11H,(H3,9,10). The van der Waals surface area contributed by atoms with Crippen molar-refractivity contribution in [1.29, 1.82) is 5.41 Å². The van der Waals surface area contributed by atoms with Crippen molar-refractivity contribution in [1.82, 2.24) is 0 Å². The van der Waals surface area contributed by atoms with Crippen LogP contribution >= 0.6 is 15.9 Å². The minimum absolute atomic E-state index is 0.0203. The molecule has 0 aliphatic carbocycles. The Balaban J connectivity index is 3.32. The second kappa shape index (κ2) is 2.92. The summed E-state index contributed by atoms with van der Waals surface area (Å²) in [6.07, 6.45) is 0. The monoisotopic (exact) mass is 214 g/mol. The minimum atomic E-state index is -0.144. The fraction of sp³-hybridized carbons (Fsp3) is 0. The lowest BCUT2D eigenvalue weighted by Gasteiger charge is -2.03. The zero-order chi connectivity index (χ0) is 8.43. The maximum Gasteiger partial charge on any atom is 0.127 e. The zero-order valence-corrected chi connectivity index (χ0v) is 7.22. The molecule has 0 spiro atoms. The summed E-state index contributed by atoms with van der Waals surface area (Å²) in [6.45, 7) is 0. The average Bonchev–Trinajstić information content (AvgIpc) is 1.85. The van der Waals surface area contributed by atoms with Gasteiger partial charge in [-0.1, -0.05) is 6.07 Å². The fourth-order valence-electron chi connectivity index (χ4n) is 0.779. The van der Waals surface area contributed by atoms with E-state index in [0.717, 1.165) is 0 Å². The molecule has 3 nitrogen and oxygen atoms in total. The Labute approximate surface area is 72.5 Å². The molecule has 11 heavy (non-hydrogen) atoms. The van der Waals surface area contributed by atoms with Gasteiger partial charge in [0.2, 0.25) is 0 Å². The number of hydrogen-bond donors (Lipinski definition) is 3. The van der Waals surface area contributed by atoms with Gasteiger partial charge in [0.15, 0.2) is 0 Å². The van der Waals surface area contributed by atoms with Crippen LogP contribution < -0.4 is 5.73 Å². The maximum atomic E-state index is 9.21. The number of rotatable bonds is 1. The van der Waals surface area contributed by atoms with Gasteiger partial charge >= 0.3 is 0 Å². The second-order valence-electron chi connectivity index (χ2n) is 2.05. The van der Waals surface area contributed by atoms with Crippen molar-refractivity contribution < 1.29 is 5.11 Å². The average molecular weight is 215 g/mol. The summed E-state index contributed by atoms with van der Waals surface area (Å²) in [5.74, 6) is -0.123. The summed E-state index contributed by atoms with van der Waals surface area (Å²) in [6, 6.07) is 4.88. The highest BCUT2D eigenvalue weighted by atomic mass is 79.9. The summed E-state index contributed by atoms with van der Waals surface area (Å²) in [4.78, 5) is 0. The third kappa shape index (κ3) is 1.51. The Morgan fingerprint density at radius 2 is 2.18 bits per heavy atom. The predicted octanol–water partition coefficient (Wildman–Crippen LogP) is 1.44. The van der Waals surface area contributed by atoms with Gasteiger partial charge in [0.1, 0.15) is 11.6 Å². The van der Waals surface area contributed by atoms with Gasteiger partial charge in [-0.2, -0.15) is 0 Å². The van der Waals surface area contributed by atoms with E-state index >= 15 is 0 Å². The van der Waals surface area contributed by atoms with Crippen LogP contribution in [0.1, 0.15) is 5.56 Å². The molecular formula is C7H7BrN2O. The summed E-state index contributed by atoms with van der Waals surface area (Å²) in [5, 5.41) is 16.3. The van der Waals surface area contributed by atoms with Gasteiger partial charge in [0.25, 0.3) is 0 Å². The molecule has 4 N–H and O–H groups in total. The highest BCUT2D eigenvalue weighted by molar-refractivity contribution is 9.10. The number of halogens is 1. The van der Waals surface area contributed by atoms with Crippen molar-refractivity contribution in [2.45, 2.75) is 0 Å². The van der Waals surface area contributed by atoms with Gasteiger partial charge in [-0.15, -0.1) is 0 Å². The van der Waals surface area contributed by atoms with Crippen LogP contribution in [0.15, 0.2) is 22.7 Å². The fourth-order valence-corrected chi connectivity index (χ4v) is 1.35. The van der Waals surface area contributed by atoms with Crippen molar-refractivity contribution in [3.8, 4) is 5.75 Å². The molecule has 0 atom stereocenters. The molecule has 0 unspecified atom stereocenters. The lowest BCUT2D eigenvalue weighted by atomic mass is 10.2. The van der Waals surface area contributed by atoms with Crippen LogP contribution in [-0.2, 0) is 0 Å². The molecule has 0 bridgehead atoms. The van der Waals surface area contributed by atoms with E-state index in [9.17, 15) is 5.11 Å². The first-order chi connectivity index (χ1) is 5.13. The number of benzene rings is 1. The molecule has 0 aromatic heterocycles. The Bertz CT molecular complexity index is 278. The van der Waals surface area contributed by atoms with Crippen LogP contribution in [0.4, 0.5) is 0 Å². The van der Waals surface area contributed by atoms with E-state index in [1.54, 1.807) is 12.1 Å². The van der Waals surface area contributed by atoms with Crippen LogP contribution in [0.5, 0.6) is 5.75 Å². The number of nitrogens with two attached hydrogens (primary N) is 1. The molecule has 58 valence electrons. The molecule has 0 aliphatic rings. The molecule has 0 saturated heterocycles. The zero-order valence-electron chi connectivity index (χ0n) is 5.63. The van der Waals surface area contributed by atoms with Gasteiger partial charge in [-0.3, -0.25) is 5.41 Å². The van der Waals surface area contributed by atoms with Gasteiger partial charge in [-0.25, -0.2) is 0 Å². The molecule has 0 saturated carbocycles. The van der Waals surface area contributed by atoms with E-state index < -0.39 is 0 Å². The largest absolute Gasteiger partial charge is 0.507 e. The van der Waals surface area contributed by atoms with Crippen LogP contribution in [0.25, 0.3) is 0 Å². The van der Waals surface area contributed by atoms with Crippen LogP contribution in [0.2, 0.25) is 0 Å². The van der Waals surface area contributed by atoms with Gasteiger partial charge < -0.3 is 10.8 Å². The van der Waals surface area contributed by atoms with Crippen LogP contribution in [-0.4, -0.2) is 10.9 Å². The molecule has 4 heteroatoms. The van der Waals surface area contributed by atoms with E-state index in [0.29, 0.717) is 10.0 Å². The quantitative estimate of drug-likeness (QED) is 0.490. The number of phenols is 1. The highest BCUT2D eigenvalue weighted by Gasteiger charge is 2.06. The van der Waals surface area contributed by atoms with Crippen molar-refractivity contribution in [2.24, 2.45) is 5.73 Å². The SMILES string of the molecule is N=C(N)c1c(O)cccc1Br. The number of hydrogen-bond acceptors (Lipinski definition) is 2. The number of aromatic hydroxyl groups is 1. The molecule has 0 radical (unpaired) electrons. The Morgan fingerprint density at radius 3 is 2.55 bits per heavy atom. The van der Waals surface area contributed by atoms with Crippen LogP contribution in [0, 0.1) is 5.41 Å². The van der Waals surface area contributed by atoms with Gasteiger partial charge in [0.05, 0.1) is 5.56 Å². The lowest BCUT2D eigenvalue weighted by Crippen LogP contribution is -2.11. The van der Waals surface area contributed by atoms with Gasteiger partial charge in [-0.05, 0) is 28.1 Å². The predicted molar refractivity (Wildman–Crippen MR) is 46.8 cm³/mol. The maximum absolute atomic E-state index is 9.21. The molecule has 0 heterocycles. The number of nitrogen functional groups attached to an aromatic ring is 1. The first-order valence-electron chi connectivity index (χ1n) is 2.95. The summed E-state index contributed by atoms with van der Waals surface area (Å²) >= 11 is 3.17. The normalized spacial score (nSPS) is 9.55. The third-order valence-electron chi connectivity index (χ3n) is 1.26. The highest BCUT2D eigenvalue weighted by Crippen LogP contribution is 2.24. The Morgan fingerprint density at radius 1 is 1.55 bits per heavy atom. The van der Waals surface area contributed by atoms with E-state index in [4.69, 9.17) is 11.1 Å². The molecule has 1 aromatic carbocycles. The molecular weight excluding hydrogens is 208 g/mol. The van der Waals surface area contributed by atoms with Crippen LogP contribution in [0.3, 0.4) is 0 Å². The van der Waals surface area contributed by atoms with Gasteiger partial charge in [0, 0.05) is 4.47 Å². The van der Waals surface area contributed by atoms with Crippen molar-refractivity contribution >= 4 is 21.8 Å². The molecule has 0 amide bonds. The van der Waals surface area contributed by atoms with Crippen molar-refractivity contribution in [3.63, 3.8) is 0 Å². The number of amidine groups is 1. The van der Waals surface area contributed by atoms with E-state index in [2.05, 4.69) is 15.9 Å². The molecule has 0 fully saturated rings. The van der Waals surface area contributed by atoms with E-state index in [1.807, 2.05) is 0 Å². The second-order valence-corrected chi connectivity index (χ2v) is 2.90. The Kier molecular flexibility index (Phi) is 2.14. The summed E-state index contributed by atoms with van der Waals surface area (Å²) in [5.41, 5.74) is 5.55. The molecule has 1 aromatic rings. The van der Waals surface area contributed by atoms with E-state index in [-0.39, 0.29) is 11.6 Å². The molecule has 1 rings (SSSR count). The topological polar surface area (TPSA) is 70.1 Å². The summed E-state index contributed by atoms with van der Waals surface area (Å²) in [7, 11) is 0. The van der Waals surface area contributed by atoms with E-state index in [1.165, 1.54) is 6.07 Å². The number of phenolic OH excluding ortho intramolecular Hbond substituents is 1. The number of nitrogens with one attached hydrogen (secondary N) is 1. The first-order valence-corrected chi connectivity index (χ1v) is 3.74.